The van der Waals surface area contributed by atoms with Gasteiger partial charge in [0.25, 0.3) is 11.7 Å². The molecule has 1 fully saturated rings. The number of hydrogen-bond acceptors (Lipinski definition) is 6. The molecule has 182 valence electrons. The summed E-state index contributed by atoms with van der Waals surface area (Å²) in [6, 6.07) is 12.1. The lowest BCUT2D eigenvalue weighted by Crippen LogP contribution is -2.35. The van der Waals surface area contributed by atoms with Crippen LogP contribution in [0.2, 0.25) is 0 Å². The van der Waals surface area contributed by atoms with E-state index in [0.29, 0.717) is 30.2 Å². The molecule has 0 radical (unpaired) electrons. The van der Waals surface area contributed by atoms with Crippen molar-refractivity contribution in [1.29, 1.82) is 0 Å². The molecule has 2 aromatic carbocycles. The predicted octanol–water partition coefficient (Wildman–Crippen LogP) is 3.98. The zero-order valence-electron chi connectivity index (χ0n) is 21.0. The van der Waals surface area contributed by atoms with E-state index in [1.54, 1.807) is 18.2 Å². The standard InChI is InChI=1S/C27H34N2O5/c1-27(2,3)18-10-8-17(9-11-18)23-22(25(31)26(32)29(23)15-14-28(4)5)24(30)20-13-12-19(33-6)16-21(20)34-7/h8-13,16,23,30H,14-15H2,1-7H3/b24-22-. The minimum Gasteiger partial charge on any atom is -0.507 e. The summed E-state index contributed by atoms with van der Waals surface area (Å²) in [6.45, 7) is 7.30. The third-order valence-electron chi connectivity index (χ3n) is 6.08. The van der Waals surface area contributed by atoms with Crippen LogP contribution in [0, 0.1) is 0 Å². The third-order valence-corrected chi connectivity index (χ3v) is 6.08. The van der Waals surface area contributed by atoms with Crippen LogP contribution in [0.15, 0.2) is 48.0 Å². The number of carbonyl (C=O) groups excluding carboxylic acids is 2. The number of likely N-dealkylation sites (N-methyl/N-ethyl adjacent to an activating group) is 1. The Balaban J connectivity index is 2.18. The Bertz CT molecular complexity index is 1100. The second-order valence-electron chi connectivity index (χ2n) is 9.73. The maximum Gasteiger partial charge on any atom is 0.295 e. The van der Waals surface area contributed by atoms with Gasteiger partial charge in [-0.3, -0.25) is 9.59 Å². The van der Waals surface area contributed by atoms with Crippen molar-refractivity contribution in [3.8, 4) is 11.5 Å². The highest BCUT2D eigenvalue weighted by Crippen LogP contribution is 2.41. The van der Waals surface area contributed by atoms with Crippen LogP contribution in [0.3, 0.4) is 0 Å². The molecule has 2 aromatic rings. The number of hydrogen-bond donors (Lipinski definition) is 1. The summed E-state index contributed by atoms with van der Waals surface area (Å²) < 4.78 is 10.7. The first-order valence-corrected chi connectivity index (χ1v) is 11.3. The fourth-order valence-electron chi connectivity index (χ4n) is 4.07. The molecular weight excluding hydrogens is 432 g/mol. The number of carbonyl (C=O) groups is 2. The molecule has 0 spiro atoms. The van der Waals surface area contributed by atoms with Gasteiger partial charge in [0.2, 0.25) is 0 Å². The number of aliphatic hydroxyl groups excluding tert-OH is 1. The van der Waals surface area contributed by atoms with Gasteiger partial charge in [0.1, 0.15) is 17.3 Å². The monoisotopic (exact) mass is 466 g/mol. The average molecular weight is 467 g/mol. The zero-order chi connectivity index (χ0) is 25.2. The molecule has 0 bridgehead atoms. The number of Topliss-reactive ketones (excluding diaryl/α,β-unsaturated/α-hetero) is 1. The van der Waals surface area contributed by atoms with Crippen molar-refractivity contribution >= 4 is 17.4 Å². The van der Waals surface area contributed by atoms with Gasteiger partial charge in [-0.1, -0.05) is 45.0 Å². The van der Waals surface area contributed by atoms with Gasteiger partial charge >= 0.3 is 0 Å². The molecule has 1 unspecified atom stereocenters. The van der Waals surface area contributed by atoms with Crippen LogP contribution < -0.4 is 9.47 Å². The van der Waals surface area contributed by atoms with E-state index in [1.165, 1.54) is 19.1 Å². The lowest BCUT2D eigenvalue weighted by atomic mass is 9.85. The molecule has 1 aliphatic rings. The minimum absolute atomic E-state index is 0.0400. The van der Waals surface area contributed by atoms with Crippen molar-refractivity contribution in [2.75, 3.05) is 41.4 Å². The van der Waals surface area contributed by atoms with E-state index in [0.717, 1.165) is 11.1 Å². The number of rotatable bonds is 7. The minimum atomic E-state index is -0.709. The van der Waals surface area contributed by atoms with Crippen LogP contribution >= 0.6 is 0 Å². The van der Waals surface area contributed by atoms with Crippen molar-refractivity contribution in [1.82, 2.24) is 9.80 Å². The van der Waals surface area contributed by atoms with Crippen LogP contribution in [0.25, 0.3) is 5.76 Å². The summed E-state index contributed by atoms with van der Waals surface area (Å²) >= 11 is 0. The van der Waals surface area contributed by atoms with Crippen LogP contribution in [-0.2, 0) is 15.0 Å². The molecule has 7 heteroatoms. The number of aliphatic hydroxyl groups is 1. The summed E-state index contributed by atoms with van der Waals surface area (Å²) in [6.07, 6.45) is 0. The molecule has 34 heavy (non-hydrogen) atoms. The molecule has 1 N–H and O–H groups in total. The Morgan fingerprint density at radius 2 is 1.68 bits per heavy atom. The second-order valence-corrected chi connectivity index (χ2v) is 9.73. The lowest BCUT2D eigenvalue weighted by Gasteiger charge is -2.27. The first-order chi connectivity index (χ1) is 16.0. The molecule has 1 saturated heterocycles. The van der Waals surface area contributed by atoms with Crippen molar-refractivity contribution in [2.24, 2.45) is 0 Å². The summed E-state index contributed by atoms with van der Waals surface area (Å²) in [5, 5.41) is 11.3. The van der Waals surface area contributed by atoms with Crippen molar-refractivity contribution in [3.05, 3.63) is 64.7 Å². The molecule has 1 amide bonds. The van der Waals surface area contributed by atoms with Gasteiger partial charge in [-0.05, 0) is 42.8 Å². The topological polar surface area (TPSA) is 79.3 Å². The smallest absolute Gasteiger partial charge is 0.295 e. The summed E-state index contributed by atoms with van der Waals surface area (Å²) in [5.41, 5.74) is 2.24. The van der Waals surface area contributed by atoms with Crippen LogP contribution in [-0.4, -0.2) is 68.0 Å². The van der Waals surface area contributed by atoms with E-state index < -0.39 is 17.7 Å². The van der Waals surface area contributed by atoms with E-state index >= 15 is 0 Å². The Morgan fingerprint density at radius 1 is 1.03 bits per heavy atom. The SMILES string of the molecule is COc1ccc(/C(O)=C2/C(=O)C(=O)N(CCN(C)C)C2c2ccc(C(C)(C)C)cc2)c(OC)c1. The van der Waals surface area contributed by atoms with E-state index in [1.807, 2.05) is 43.3 Å². The lowest BCUT2D eigenvalue weighted by molar-refractivity contribution is -0.140. The summed E-state index contributed by atoms with van der Waals surface area (Å²) in [7, 11) is 6.83. The average Bonchev–Trinajstić information content (AvgIpc) is 3.06. The van der Waals surface area contributed by atoms with Gasteiger partial charge in [-0.15, -0.1) is 0 Å². The second kappa shape index (κ2) is 9.89. The fraction of sp³-hybridized carbons (Fsp3) is 0.407. The zero-order valence-corrected chi connectivity index (χ0v) is 21.0. The number of methoxy groups -OCH3 is 2. The highest BCUT2D eigenvalue weighted by molar-refractivity contribution is 6.46. The highest BCUT2D eigenvalue weighted by atomic mass is 16.5. The van der Waals surface area contributed by atoms with Crippen LogP contribution in [0.1, 0.15) is 43.5 Å². The van der Waals surface area contributed by atoms with Gasteiger partial charge < -0.3 is 24.4 Å². The highest BCUT2D eigenvalue weighted by Gasteiger charge is 2.46. The number of likely N-dealkylation sites (tertiary alicyclic amines) is 1. The molecule has 7 nitrogen and oxygen atoms in total. The number of amides is 1. The van der Waals surface area contributed by atoms with E-state index in [-0.39, 0.29) is 16.7 Å². The fourth-order valence-corrected chi connectivity index (χ4v) is 4.07. The number of nitrogens with zero attached hydrogens (tertiary/aromatic N) is 2. The predicted molar refractivity (Wildman–Crippen MR) is 132 cm³/mol. The molecule has 0 saturated carbocycles. The molecule has 3 rings (SSSR count). The van der Waals surface area contributed by atoms with Crippen LogP contribution in [0.4, 0.5) is 0 Å². The maximum absolute atomic E-state index is 13.2. The van der Waals surface area contributed by atoms with Gasteiger partial charge in [-0.25, -0.2) is 0 Å². The third kappa shape index (κ3) is 4.94. The summed E-state index contributed by atoms with van der Waals surface area (Å²) in [4.78, 5) is 29.8. The maximum atomic E-state index is 13.2. The number of benzene rings is 2. The van der Waals surface area contributed by atoms with E-state index in [9.17, 15) is 14.7 Å². The van der Waals surface area contributed by atoms with Gasteiger partial charge in [0.15, 0.2) is 0 Å². The largest absolute Gasteiger partial charge is 0.507 e. The Labute approximate surface area is 201 Å². The molecule has 0 aliphatic carbocycles. The van der Waals surface area contributed by atoms with Gasteiger partial charge in [0.05, 0.1) is 31.4 Å². The van der Waals surface area contributed by atoms with Gasteiger partial charge in [-0.2, -0.15) is 0 Å². The van der Waals surface area contributed by atoms with E-state index in [4.69, 9.17) is 9.47 Å². The Hall–Kier alpha value is -3.32. The molecule has 1 aliphatic heterocycles. The van der Waals surface area contributed by atoms with E-state index in [2.05, 4.69) is 20.8 Å². The Morgan fingerprint density at radius 3 is 2.21 bits per heavy atom. The first kappa shape index (κ1) is 25.3. The summed E-state index contributed by atoms with van der Waals surface area (Å²) in [5.74, 6) is -0.706. The molecule has 1 atom stereocenters. The molecular formula is C27H34N2O5. The quantitative estimate of drug-likeness (QED) is 0.378. The van der Waals surface area contributed by atoms with Crippen molar-refractivity contribution in [3.63, 3.8) is 0 Å². The normalized spacial score (nSPS) is 18.0. The van der Waals surface area contributed by atoms with Crippen molar-refractivity contribution < 1.29 is 24.2 Å². The number of ketones is 1. The van der Waals surface area contributed by atoms with Crippen LogP contribution in [0.5, 0.6) is 11.5 Å². The van der Waals surface area contributed by atoms with Gasteiger partial charge in [0, 0.05) is 19.2 Å². The molecule has 0 aromatic heterocycles. The number of ether oxygens (including phenoxy) is 2. The Kier molecular flexibility index (Phi) is 7.36. The van der Waals surface area contributed by atoms with Crippen molar-refractivity contribution in [2.45, 2.75) is 32.2 Å². The first-order valence-electron chi connectivity index (χ1n) is 11.3. The molecule has 1 heterocycles.